The predicted molar refractivity (Wildman–Crippen MR) is 130 cm³/mol. The molecule has 0 saturated heterocycles. The van der Waals surface area contributed by atoms with E-state index in [1.807, 2.05) is 42.9 Å². The Bertz CT molecular complexity index is 1710. The van der Waals surface area contributed by atoms with Gasteiger partial charge in [0.05, 0.1) is 31.3 Å². The summed E-state index contributed by atoms with van der Waals surface area (Å²) in [6, 6.07) is 10.6. The number of halogens is 1. The highest BCUT2D eigenvalue weighted by Gasteiger charge is 2.18. The molecule has 10 heteroatoms. The largest absolute Gasteiger partial charge is 0.496 e. The molecule has 0 aliphatic rings. The molecule has 0 bridgehead atoms. The summed E-state index contributed by atoms with van der Waals surface area (Å²) < 4.78 is 26.3. The molecule has 9 nitrogen and oxygen atoms in total. The van der Waals surface area contributed by atoms with Crippen LogP contribution in [-0.2, 0) is 13.6 Å². The summed E-state index contributed by atoms with van der Waals surface area (Å²) in [4.78, 5) is 4.52. The number of hydrogen-bond acceptors (Lipinski definition) is 6. The van der Waals surface area contributed by atoms with Crippen molar-refractivity contribution in [3.05, 3.63) is 67.1 Å². The van der Waals surface area contributed by atoms with Crippen LogP contribution in [0.25, 0.3) is 50.1 Å². The van der Waals surface area contributed by atoms with Gasteiger partial charge in [0.1, 0.15) is 17.1 Å². The third kappa shape index (κ3) is 3.33. The highest BCUT2D eigenvalue weighted by atomic mass is 19.1. The van der Waals surface area contributed by atoms with Crippen molar-refractivity contribution in [2.45, 2.75) is 13.5 Å². The van der Waals surface area contributed by atoms with Crippen molar-refractivity contribution < 1.29 is 9.13 Å². The van der Waals surface area contributed by atoms with Crippen LogP contribution in [0.5, 0.6) is 5.75 Å². The summed E-state index contributed by atoms with van der Waals surface area (Å²) >= 11 is 0. The van der Waals surface area contributed by atoms with Crippen LogP contribution >= 0.6 is 0 Å². The van der Waals surface area contributed by atoms with Crippen LogP contribution in [-0.4, -0.2) is 46.4 Å². The van der Waals surface area contributed by atoms with E-state index in [1.54, 1.807) is 47.3 Å². The third-order valence-electron chi connectivity index (χ3n) is 6.17. The summed E-state index contributed by atoms with van der Waals surface area (Å²) in [5, 5.41) is 18.1. The molecule has 0 saturated carbocycles. The number of aromatic nitrogens is 8. The third-order valence-corrected chi connectivity index (χ3v) is 6.17. The van der Waals surface area contributed by atoms with Gasteiger partial charge >= 0.3 is 0 Å². The molecule has 174 valence electrons. The Morgan fingerprint density at radius 2 is 1.94 bits per heavy atom. The molecule has 35 heavy (non-hydrogen) atoms. The molecule has 6 aromatic rings. The van der Waals surface area contributed by atoms with Gasteiger partial charge in [0.25, 0.3) is 0 Å². The molecule has 0 unspecified atom stereocenters. The molecule has 0 aliphatic carbocycles. The molecule has 0 N–H and O–H groups in total. The van der Waals surface area contributed by atoms with Crippen LogP contribution in [0, 0.1) is 5.82 Å². The zero-order chi connectivity index (χ0) is 24.1. The molecule has 0 spiro atoms. The minimum absolute atomic E-state index is 0.359. The highest BCUT2D eigenvalue weighted by molar-refractivity contribution is 5.92. The van der Waals surface area contributed by atoms with Crippen molar-refractivity contribution in [3.8, 4) is 33.8 Å². The van der Waals surface area contributed by atoms with E-state index in [-0.39, 0.29) is 5.82 Å². The molecule has 0 amide bonds. The number of benzene rings is 2. The Balaban J connectivity index is 1.52. The Kier molecular flexibility index (Phi) is 4.80. The van der Waals surface area contributed by atoms with Gasteiger partial charge in [0, 0.05) is 54.0 Å². The Hall–Kier alpha value is -4.60. The predicted octanol–water partition coefficient (Wildman–Crippen LogP) is 4.40. The Morgan fingerprint density at radius 1 is 1.06 bits per heavy atom. The average Bonchev–Trinajstić information content (AvgIpc) is 3.60. The van der Waals surface area contributed by atoms with Gasteiger partial charge in [0.15, 0.2) is 11.5 Å². The van der Waals surface area contributed by atoms with Gasteiger partial charge in [0.2, 0.25) is 0 Å². The van der Waals surface area contributed by atoms with Gasteiger partial charge in [-0.05, 0) is 30.7 Å². The van der Waals surface area contributed by atoms with Crippen LogP contribution in [0.2, 0.25) is 0 Å². The second-order valence-corrected chi connectivity index (χ2v) is 8.15. The van der Waals surface area contributed by atoms with E-state index in [2.05, 4.69) is 25.4 Å². The first-order valence-electron chi connectivity index (χ1n) is 11.1. The normalized spacial score (nSPS) is 11.5. The van der Waals surface area contributed by atoms with E-state index in [1.165, 1.54) is 6.07 Å². The quantitative estimate of drug-likeness (QED) is 0.373. The lowest BCUT2D eigenvalue weighted by Gasteiger charge is -2.12. The lowest BCUT2D eigenvalue weighted by atomic mass is 9.97. The molecule has 6 rings (SSSR count). The van der Waals surface area contributed by atoms with E-state index < -0.39 is 0 Å². The maximum atomic E-state index is 15.2. The van der Waals surface area contributed by atoms with Crippen molar-refractivity contribution in [1.29, 1.82) is 0 Å². The molecule has 4 heterocycles. The van der Waals surface area contributed by atoms with E-state index >= 15 is 4.39 Å². The molecule has 0 atom stereocenters. The number of nitrogens with zero attached hydrogens (tertiary/aromatic N) is 8. The van der Waals surface area contributed by atoms with Crippen molar-refractivity contribution in [2.24, 2.45) is 7.05 Å². The summed E-state index contributed by atoms with van der Waals surface area (Å²) in [5.74, 6) is 0.982. The summed E-state index contributed by atoms with van der Waals surface area (Å²) in [6.45, 7) is 2.75. The molecule has 0 fully saturated rings. The number of fused-ring (bicyclic) bond motifs is 2. The van der Waals surface area contributed by atoms with Crippen LogP contribution in [0.3, 0.4) is 0 Å². The lowest BCUT2D eigenvalue weighted by molar-refractivity contribution is 0.416. The Labute approximate surface area is 199 Å². The summed E-state index contributed by atoms with van der Waals surface area (Å²) in [5.41, 5.74) is 4.75. The van der Waals surface area contributed by atoms with Gasteiger partial charge in [-0.25, -0.2) is 14.1 Å². The maximum Gasteiger partial charge on any atom is 0.183 e. The van der Waals surface area contributed by atoms with E-state index in [0.717, 1.165) is 39.9 Å². The van der Waals surface area contributed by atoms with Crippen molar-refractivity contribution in [1.82, 2.24) is 39.3 Å². The molecular formula is C25H21FN8O. The van der Waals surface area contributed by atoms with Gasteiger partial charge in [-0.3, -0.25) is 4.68 Å². The second kappa shape index (κ2) is 8.01. The van der Waals surface area contributed by atoms with Crippen LogP contribution in [0.15, 0.2) is 61.3 Å². The highest BCUT2D eigenvalue weighted by Crippen LogP contribution is 2.38. The number of methoxy groups -OCH3 is 1. The number of imidazole rings is 1. The van der Waals surface area contributed by atoms with Crippen molar-refractivity contribution >= 4 is 22.1 Å². The fourth-order valence-electron chi connectivity index (χ4n) is 4.36. The zero-order valence-corrected chi connectivity index (χ0v) is 19.3. The minimum Gasteiger partial charge on any atom is -0.496 e. The summed E-state index contributed by atoms with van der Waals surface area (Å²) in [6.07, 6.45) is 7.00. The zero-order valence-electron chi connectivity index (χ0n) is 19.3. The lowest BCUT2D eigenvalue weighted by Crippen LogP contribution is -2.02. The topological polar surface area (TPSA) is 88.5 Å². The maximum absolute atomic E-state index is 15.2. The standard InChI is InChI=1S/C25H21FN8O/c1-4-33-14-27-24-19(12-28-30-25(24)33)15-5-6-20(26)17(9-15)18-10-16-13-34(23-7-8-29-32(23)2)31-21(16)11-22(18)35-3/h5-14H,4H2,1-3H3. The van der Waals surface area contributed by atoms with E-state index in [9.17, 15) is 0 Å². The average molecular weight is 468 g/mol. The van der Waals surface area contributed by atoms with Gasteiger partial charge in [-0.1, -0.05) is 6.07 Å². The number of ether oxygens (including phenoxy) is 1. The first kappa shape index (κ1) is 21.0. The second-order valence-electron chi connectivity index (χ2n) is 8.15. The fraction of sp³-hybridized carbons (Fsp3) is 0.160. The van der Waals surface area contributed by atoms with Gasteiger partial charge in [-0.2, -0.15) is 15.3 Å². The number of hydrogen-bond donors (Lipinski definition) is 0. The summed E-state index contributed by atoms with van der Waals surface area (Å²) in [7, 11) is 3.42. The van der Waals surface area contributed by atoms with Crippen molar-refractivity contribution in [3.63, 3.8) is 0 Å². The fourth-order valence-corrected chi connectivity index (χ4v) is 4.36. The van der Waals surface area contributed by atoms with Gasteiger partial charge < -0.3 is 9.30 Å². The van der Waals surface area contributed by atoms with E-state index in [0.29, 0.717) is 22.5 Å². The smallest absolute Gasteiger partial charge is 0.183 e. The monoisotopic (exact) mass is 468 g/mol. The SMILES string of the molecule is CCn1cnc2c(-c3ccc(F)c(-c4cc5cn(-c6ccnn6C)nc5cc4OC)c3)cnnc21. The molecular weight excluding hydrogens is 447 g/mol. The van der Waals surface area contributed by atoms with Gasteiger partial charge in [-0.15, -0.1) is 5.10 Å². The molecule has 2 aromatic carbocycles. The van der Waals surface area contributed by atoms with E-state index in [4.69, 9.17) is 4.74 Å². The van der Waals surface area contributed by atoms with Crippen LogP contribution in [0.4, 0.5) is 4.39 Å². The number of rotatable bonds is 5. The Morgan fingerprint density at radius 3 is 2.71 bits per heavy atom. The first-order valence-corrected chi connectivity index (χ1v) is 11.1. The van der Waals surface area contributed by atoms with Crippen LogP contribution < -0.4 is 4.74 Å². The minimum atomic E-state index is -0.359. The molecule has 4 aromatic heterocycles. The first-order chi connectivity index (χ1) is 17.1. The molecule has 0 radical (unpaired) electrons. The number of aryl methyl sites for hydroxylation is 2. The van der Waals surface area contributed by atoms with Crippen LogP contribution in [0.1, 0.15) is 6.92 Å². The van der Waals surface area contributed by atoms with Crippen molar-refractivity contribution in [2.75, 3.05) is 7.11 Å². The molecule has 0 aliphatic heterocycles.